The third kappa shape index (κ3) is 3.46. The number of fused-ring (bicyclic) bond motifs is 3. The fraction of sp³-hybridized carbons (Fsp3) is 0.714. The van der Waals surface area contributed by atoms with E-state index in [-0.39, 0.29) is 0 Å². The number of rotatable bonds is 4. The van der Waals surface area contributed by atoms with Gasteiger partial charge in [0.15, 0.2) is 0 Å². The number of piperidine rings is 1. The normalized spacial score (nSPS) is 31.3. The van der Waals surface area contributed by atoms with Crippen LogP contribution in [0.25, 0.3) is 0 Å². The summed E-state index contributed by atoms with van der Waals surface area (Å²) in [7, 11) is 1.76. The predicted molar refractivity (Wildman–Crippen MR) is 100.0 cm³/mol. The molecule has 1 atom stereocenters. The monoisotopic (exact) mass is 347 g/mol. The lowest BCUT2D eigenvalue weighted by Gasteiger charge is -2.45. The highest BCUT2D eigenvalue weighted by Crippen LogP contribution is 2.45. The molecule has 3 heteroatoms. The highest BCUT2D eigenvalue weighted by atomic mass is 35.5. The van der Waals surface area contributed by atoms with Gasteiger partial charge in [-0.3, -0.25) is 0 Å². The van der Waals surface area contributed by atoms with Crippen molar-refractivity contribution in [1.29, 1.82) is 0 Å². The van der Waals surface area contributed by atoms with E-state index >= 15 is 0 Å². The Morgan fingerprint density at radius 3 is 2.46 bits per heavy atom. The van der Waals surface area contributed by atoms with Gasteiger partial charge in [-0.2, -0.15) is 0 Å². The lowest BCUT2D eigenvalue weighted by atomic mass is 9.64. The molecule has 0 aromatic heterocycles. The van der Waals surface area contributed by atoms with Crippen LogP contribution in [0.5, 0.6) is 5.75 Å². The number of hydrogen-bond acceptors (Lipinski definition) is 2. The maximum absolute atomic E-state index is 6.22. The van der Waals surface area contributed by atoms with Crippen molar-refractivity contribution in [3.8, 4) is 5.75 Å². The van der Waals surface area contributed by atoms with Crippen LogP contribution in [0.2, 0.25) is 5.02 Å². The van der Waals surface area contributed by atoms with Crippen molar-refractivity contribution >= 4 is 11.6 Å². The summed E-state index contributed by atoms with van der Waals surface area (Å²) in [4.78, 5) is 2.74. The van der Waals surface area contributed by atoms with Crippen LogP contribution >= 0.6 is 11.6 Å². The molecule has 3 saturated carbocycles. The molecule has 132 valence electrons. The highest BCUT2D eigenvalue weighted by Gasteiger charge is 2.36. The van der Waals surface area contributed by atoms with E-state index in [4.69, 9.17) is 16.3 Å². The molecule has 1 unspecified atom stereocenters. The average molecular weight is 348 g/mol. The van der Waals surface area contributed by atoms with E-state index in [9.17, 15) is 0 Å². The second kappa shape index (κ2) is 7.25. The van der Waals surface area contributed by atoms with Crippen molar-refractivity contribution in [2.45, 2.75) is 50.9 Å². The van der Waals surface area contributed by atoms with Crippen LogP contribution in [-0.4, -0.2) is 31.6 Å². The number of hydrogen-bond donors (Lipinski definition) is 0. The highest BCUT2D eigenvalue weighted by molar-refractivity contribution is 6.30. The Kier molecular flexibility index (Phi) is 5.05. The minimum atomic E-state index is 0.595. The molecule has 1 aromatic carbocycles. The number of benzene rings is 1. The van der Waals surface area contributed by atoms with Crippen LogP contribution < -0.4 is 4.74 Å². The SMILES string of the molecule is COc1ccc(Cl)cc1C1CCN(CC2CC3CCC2CC3)CC1. The van der Waals surface area contributed by atoms with Gasteiger partial charge in [0.1, 0.15) is 5.75 Å². The van der Waals surface area contributed by atoms with Gasteiger partial charge < -0.3 is 9.64 Å². The first kappa shape index (κ1) is 16.7. The molecule has 1 heterocycles. The maximum Gasteiger partial charge on any atom is 0.122 e. The van der Waals surface area contributed by atoms with E-state index in [0.717, 1.165) is 28.5 Å². The minimum absolute atomic E-state index is 0.595. The van der Waals surface area contributed by atoms with E-state index in [1.165, 1.54) is 70.1 Å². The summed E-state index contributed by atoms with van der Waals surface area (Å²) in [5.41, 5.74) is 1.31. The van der Waals surface area contributed by atoms with E-state index in [2.05, 4.69) is 11.0 Å². The quantitative estimate of drug-likeness (QED) is 0.727. The number of methoxy groups -OCH3 is 1. The maximum atomic E-state index is 6.22. The van der Waals surface area contributed by atoms with Gasteiger partial charge in [-0.1, -0.05) is 24.4 Å². The Morgan fingerprint density at radius 1 is 1.08 bits per heavy atom. The van der Waals surface area contributed by atoms with Crippen LogP contribution in [0.3, 0.4) is 0 Å². The summed E-state index contributed by atoms with van der Waals surface area (Å²) in [6.45, 7) is 3.81. The molecule has 0 spiro atoms. The molecule has 1 saturated heterocycles. The second-order valence-corrected chi connectivity index (χ2v) is 8.67. The molecule has 0 N–H and O–H groups in total. The molecule has 1 aliphatic heterocycles. The zero-order chi connectivity index (χ0) is 16.5. The number of nitrogens with zero attached hydrogens (tertiary/aromatic N) is 1. The average Bonchev–Trinajstić information content (AvgIpc) is 2.63. The minimum Gasteiger partial charge on any atom is -0.496 e. The van der Waals surface area contributed by atoms with Crippen molar-refractivity contribution in [3.63, 3.8) is 0 Å². The second-order valence-electron chi connectivity index (χ2n) is 8.24. The van der Waals surface area contributed by atoms with Crippen molar-refractivity contribution in [2.24, 2.45) is 17.8 Å². The smallest absolute Gasteiger partial charge is 0.122 e. The van der Waals surface area contributed by atoms with Crippen molar-refractivity contribution in [3.05, 3.63) is 28.8 Å². The Hall–Kier alpha value is -0.730. The first-order valence-corrected chi connectivity index (χ1v) is 10.2. The summed E-state index contributed by atoms with van der Waals surface area (Å²) in [5, 5.41) is 0.825. The molecular formula is C21H30ClNO. The largest absolute Gasteiger partial charge is 0.496 e. The third-order valence-electron chi connectivity index (χ3n) is 6.91. The predicted octanol–water partition coefficient (Wildman–Crippen LogP) is 5.35. The van der Waals surface area contributed by atoms with Gasteiger partial charge in [0.25, 0.3) is 0 Å². The van der Waals surface area contributed by atoms with Crippen molar-refractivity contribution in [1.82, 2.24) is 4.90 Å². The zero-order valence-electron chi connectivity index (χ0n) is 14.8. The lowest BCUT2D eigenvalue weighted by molar-refractivity contribution is 0.0588. The Bertz CT molecular complexity index is 559. The number of ether oxygens (including phenoxy) is 1. The fourth-order valence-electron chi connectivity index (χ4n) is 5.52. The van der Waals surface area contributed by atoms with Crippen LogP contribution in [0.15, 0.2) is 18.2 Å². The number of halogens is 1. The fourth-order valence-corrected chi connectivity index (χ4v) is 5.70. The Balaban J connectivity index is 1.34. The van der Waals surface area contributed by atoms with E-state index in [1.54, 1.807) is 7.11 Å². The van der Waals surface area contributed by atoms with Gasteiger partial charge in [-0.15, -0.1) is 0 Å². The van der Waals surface area contributed by atoms with E-state index in [0.29, 0.717) is 5.92 Å². The summed E-state index contributed by atoms with van der Waals surface area (Å²) in [6, 6.07) is 6.06. The molecule has 2 bridgehead atoms. The summed E-state index contributed by atoms with van der Waals surface area (Å²) in [6.07, 6.45) is 10.0. The van der Waals surface area contributed by atoms with Crippen LogP contribution in [0.4, 0.5) is 0 Å². The number of likely N-dealkylation sites (tertiary alicyclic amines) is 1. The molecule has 0 radical (unpaired) electrons. The molecule has 4 aliphatic rings. The lowest BCUT2D eigenvalue weighted by Crippen LogP contribution is -2.42. The first-order chi connectivity index (χ1) is 11.7. The van der Waals surface area contributed by atoms with Gasteiger partial charge in [-0.05, 0) is 92.6 Å². The summed E-state index contributed by atoms with van der Waals surface area (Å²) in [5.74, 6) is 4.66. The summed E-state index contributed by atoms with van der Waals surface area (Å²) < 4.78 is 5.56. The first-order valence-electron chi connectivity index (χ1n) is 9.78. The standard InChI is InChI=1S/C21H30ClNO/c1-24-21-7-6-19(22)13-20(21)17-8-10-23(11-9-17)14-18-12-15-2-4-16(18)5-3-15/h6-7,13,15-18H,2-5,8-12,14H2,1H3. The van der Waals surface area contributed by atoms with E-state index in [1.807, 2.05) is 12.1 Å². The van der Waals surface area contributed by atoms with Crippen LogP contribution in [0, 0.1) is 17.8 Å². The molecule has 1 aromatic rings. The topological polar surface area (TPSA) is 12.5 Å². The van der Waals surface area contributed by atoms with Gasteiger partial charge in [0.2, 0.25) is 0 Å². The van der Waals surface area contributed by atoms with Gasteiger partial charge in [0.05, 0.1) is 7.11 Å². The van der Waals surface area contributed by atoms with Crippen LogP contribution in [-0.2, 0) is 0 Å². The van der Waals surface area contributed by atoms with Crippen LogP contribution in [0.1, 0.15) is 56.4 Å². The van der Waals surface area contributed by atoms with E-state index < -0.39 is 0 Å². The molecule has 5 rings (SSSR count). The molecule has 3 aliphatic carbocycles. The van der Waals surface area contributed by atoms with Crippen molar-refractivity contribution in [2.75, 3.05) is 26.7 Å². The van der Waals surface area contributed by atoms with Gasteiger partial charge in [0, 0.05) is 11.6 Å². The molecule has 2 nitrogen and oxygen atoms in total. The zero-order valence-corrected chi connectivity index (χ0v) is 15.6. The van der Waals surface area contributed by atoms with Gasteiger partial charge in [-0.25, -0.2) is 0 Å². The van der Waals surface area contributed by atoms with Crippen molar-refractivity contribution < 1.29 is 4.74 Å². The third-order valence-corrected chi connectivity index (χ3v) is 7.14. The molecule has 0 amide bonds. The Morgan fingerprint density at radius 2 is 1.83 bits per heavy atom. The molecule has 4 fully saturated rings. The molecular weight excluding hydrogens is 318 g/mol. The Labute approximate surface area is 151 Å². The molecule has 24 heavy (non-hydrogen) atoms. The van der Waals surface area contributed by atoms with Gasteiger partial charge >= 0.3 is 0 Å². The summed E-state index contributed by atoms with van der Waals surface area (Å²) >= 11 is 6.22.